The van der Waals surface area contributed by atoms with Gasteiger partial charge in [-0.05, 0) is 36.2 Å². The molecule has 1 fully saturated rings. The maximum absolute atomic E-state index is 13.5. The number of aromatic nitrogens is 2. The van der Waals surface area contributed by atoms with E-state index in [4.69, 9.17) is 4.42 Å². The van der Waals surface area contributed by atoms with Gasteiger partial charge in [0.15, 0.2) is 0 Å². The fourth-order valence-corrected chi connectivity index (χ4v) is 3.30. The summed E-state index contributed by atoms with van der Waals surface area (Å²) in [6.07, 6.45) is 0.105. The van der Waals surface area contributed by atoms with Gasteiger partial charge in [0.05, 0.1) is 12.6 Å². The van der Waals surface area contributed by atoms with Crippen LogP contribution in [-0.2, 0) is 6.54 Å². The van der Waals surface area contributed by atoms with Crippen LogP contribution in [0.25, 0.3) is 11.5 Å². The monoisotopic (exact) mass is 339 g/mol. The van der Waals surface area contributed by atoms with Crippen molar-refractivity contribution >= 4 is 0 Å². The Morgan fingerprint density at radius 1 is 1.12 bits per heavy atom. The van der Waals surface area contributed by atoms with Crippen molar-refractivity contribution < 1.29 is 13.9 Å². The lowest BCUT2D eigenvalue weighted by atomic mass is 10.0. The van der Waals surface area contributed by atoms with Crippen LogP contribution in [0.3, 0.4) is 0 Å². The molecular weight excluding hydrogens is 321 g/mol. The quantitative estimate of drug-likeness (QED) is 0.791. The van der Waals surface area contributed by atoms with Gasteiger partial charge >= 0.3 is 0 Å². The molecule has 0 aliphatic carbocycles. The molecule has 2 atom stereocenters. The Kier molecular flexibility index (Phi) is 4.29. The molecule has 0 amide bonds. The lowest BCUT2D eigenvalue weighted by molar-refractivity contribution is 0.167. The molecule has 6 heteroatoms. The summed E-state index contributed by atoms with van der Waals surface area (Å²) in [4.78, 5) is 2.04. The molecule has 1 aliphatic heterocycles. The average Bonchev–Trinajstić information content (AvgIpc) is 3.23. The molecule has 2 heterocycles. The Morgan fingerprint density at radius 3 is 2.76 bits per heavy atom. The summed E-state index contributed by atoms with van der Waals surface area (Å²) in [5.74, 6) is 0.676. The number of hydrogen-bond acceptors (Lipinski definition) is 5. The topological polar surface area (TPSA) is 62.4 Å². The first kappa shape index (κ1) is 15.9. The molecule has 0 bridgehead atoms. The molecule has 3 aromatic rings. The van der Waals surface area contributed by atoms with Gasteiger partial charge in [0.25, 0.3) is 0 Å². The van der Waals surface area contributed by atoms with Crippen LogP contribution in [0.4, 0.5) is 4.39 Å². The van der Waals surface area contributed by atoms with Gasteiger partial charge in [0.2, 0.25) is 11.8 Å². The number of likely N-dealkylation sites (tertiary alicyclic amines) is 1. The van der Waals surface area contributed by atoms with Crippen molar-refractivity contribution in [2.24, 2.45) is 0 Å². The predicted molar refractivity (Wildman–Crippen MR) is 89.9 cm³/mol. The van der Waals surface area contributed by atoms with E-state index in [1.54, 1.807) is 6.07 Å². The van der Waals surface area contributed by atoms with Crippen LogP contribution >= 0.6 is 0 Å². The Bertz CT molecular complexity index is 853. The molecule has 1 saturated heterocycles. The minimum Gasteiger partial charge on any atom is -0.419 e. The Morgan fingerprint density at radius 2 is 1.96 bits per heavy atom. The molecule has 0 saturated carbocycles. The molecule has 2 aromatic carbocycles. The number of nitrogens with zero attached hydrogens (tertiary/aromatic N) is 3. The van der Waals surface area contributed by atoms with E-state index in [9.17, 15) is 9.50 Å². The van der Waals surface area contributed by atoms with Crippen LogP contribution in [0.5, 0.6) is 0 Å². The van der Waals surface area contributed by atoms with E-state index in [0.29, 0.717) is 31.3 Å². The van der Waals surface area contributed by atoms with Crippen molar-refractivity contribution in [3.8, 4) is 11.5 Å². The van der Waals surface area contributed by atoms with Crippen molar-refractivity contribution in [2.45, 2.75) is 25.1 Å². The lowest BCUT2D eigenvalue weighted by Crippen LogP contribution is -2.24. The summed E-state index contributed by atoms with van der Waals surface area (Å²) in [5, 5.41) is 18.3. The molecule has 0 radical (unpaired) electrons. The van der Waals surface area contributed by atoms with Crippen molar-refractivity contribution in [2.75, 3.05) is 6.54 Å². The van der Waals surface area contributed by atoms with E-state index < -0.39 is 6.10 Å². The van der Waals surface area contributed by atoms with Gasteiger partial charge in [-0.1, -0.05) is 30.3 Å². The maximum atomic E-state index is 13.5. The number of β-amino-alcohol motifs (C(OH)–C–C–N with tert-alkyl or cyclic N) is 1. The van der Waals surface area contributed by atoms with E-state index in [1.165, 1.54) is 12.1 Å². The molecule has 1 N–H and O–H groups in total. The number of hydrogen-bond donors (Lipinski definition) is 1. The molecule has 128 valence electrons. The zero-order chi connectivity index (χ0) is 17.2. The first-order valence-electron chi connectivity index (χ1n) is 8.24. The Hall–Kier alpha value is -2.57. The van der Waals surface area contributed by atoms with E-state index in [-0.39, 0.29) is 11.9 Å². The highest BCUT2D eigenvalue weighted by atomic mass is 19.1. The van der Waals surface area contributed by atoms with Crippen LogP contribution in [0.2, 0.25) is 0 Å². The fourth-order valence-electron chi connectivity index (χ4n) is 3.30. The normalized spacial score (nSPS) is 20.9. The Labute approximate surface area is 144 Å². The van der Waals surface area contributed by atoms with Crippen LogP contribution in [0.15, 0.2) is 59.0 Å². The fraction of sp³-hybridized carbons (Fsp3) is 0.263. The highest BCUT2D eigenvalue weighted by Gasteiger charge is 2.33. The summed E-state index contributed by atoms with van der Waals surface area (Å²) in [7, 11) is 0. The number of aliphatic hydroxyl groups is 1. The van der Waals surface area contributed by atoms with E-state index >= 15 is 0 Å². The zero-order valence-electron chi connectivity index (χ0n) is 13.5. The van der Waals surface area contributed by atoms with Crippen molar-refractivity contribution in [3.05, 3.63) is 71.9 Å². The molecule has 25 heavy (non-hydrogen) atoms. The van der Waals surface area contributed by atoms with Crippen LogP contribution in [0, 0.1) is 5.82 Å². The van der Waals surface area contributed by atoms with Gasteiger partial charge < -0.3 is 9.52 Å². The molecule has 1 aromatic heterocycles. The van der Waals surface area contributed by atoms with Gasteiger partial charge in [0.1, 0.15) is 5.82 Å². The molecular formula is C19H18FN3O2. The van der Waals surface area contributed by atoms with E-state index in [0.717, 1.165) is 11.1 Å². The first-order chi connectivity index (χ1) is 12.2. The van der Waals surface area contributed by atoms with Gasteiger partial charge in [-0.3, -0.25) is 4.90 Å². The molecule has 0 unspecified atom stereocenters. The SMILES string of the molecule is O[C@@H]1C[C@H](c2cccc(F)c2)N(Cc2nnc(-c3ccccc3)o2)C1. The second-order valence-corrected chi connectivity index (χ2v) is 6.26. The third kappa shape index (κ3) is 3.45. The summed E-state index contributed by atoms with van der Waals surface area (Å²) >= 11 is 0. The standard InChI is InChI=1S/C19H18FN3O2/c20-15-8-4-7-14(9-15)17-10-16(24)11-23(17)12-18-21-22-19(25-18)13-5-2-1-3-6-13/h1-9,16-17,24H,10-12H2/t16-,17-/m1/s1. The van der Waals surface area contributed by atoms with Crippen LogP contribution in [0.1, 0.15) is 23.9 Å². The summed E-state index contributed by atoms with van der Waals surface area (Å²) in [6, 6.07) is 16.0. The largest absolute Gasteiger partial charge is 0.419 e. The van der Waals surface area contributed by atoms with Crippen LogP contribution < -0.4 is 0 Å². The van der Waals surface area contributed by atoms with Crippen molar-refractivity contribution in [1.29, 1.82) is 0 Å². The Balaban J connectivity index is 1.54. The van der Waals surface area contributed by atoms with Gasteiger partial charge in [-0.15, -0.1) is 10.2 Å². The van der Waals surface area contributed by atoms with E-state index in [2.05, 4.69) is 10.2 Å². The predicted octanol–water partition coefficient (Wildman–Crippen LogP) is 3.18. The second-order valence-electron chi connectivity index (χ2n) is 6.26. The zero-order valence-corrected chi connectivity index (χ0v) is 13.5. The number of benzene rings is 2. The van der Waals surface area contributed by atoms with Gasteiger partial charge in [-0.2, -0.15) is 0 Å². The highest BCUT2D eigenvalue weighted by Crippen LogP contribution is 2.33. The molecule has 0 spiro atoms. The maximum Gasteiger partial charge on any atom is 0.247 e. The second kappa shape index (κ2) is 6.74. The summed E-state index contributed by atoms with van der Waals surface area (Å²) in [5.41, 5.74) is 1.71. The van der Waals surface area contributed by atoms with Gasteiger partial charge in [-0.25, -0.2) is 4.39 Å². The highest BCUT2D eigenvalue weighted by molar-refractivity contribution is 5.51. The number of rotatable bonds is 4. The number of aliphatic hydroxyl groups excluding tert-OH is 1. The van der Waals surface area contributed by atoms with E-state index in [1.807, 2.05) is 41.3 Å². The minimum atomic E-state index is -0.454. The summed E-state index contributed by atoms with van der Waals surface area (Å²) in [6.45, 7) is 0.905. The smallest absolute Gasteiger partial charge is 0.247 e. The van der Waals surface area contributed by atoms with Gasteiger partial charge in [0, 0.05) is 18.2 Å². The first-order valence-corrected chi connectivity index (χ1v) is 8.24. The average molecular weight is 339 g/mol. The van der Waals surface area contributed by atoms with Crippen molar-refractivity contribution in [1.82, 2.24) is 15.1 Å². The summed E-state index contributed by atoms with van der Waals surface area (Å²) < 4.78 is 19.3. The van der Waals surface area contributed by atoms with Crippen LogP contribution in [-0.4, -0.2) is 32.9 Å². The molecule has 1 aliphatic rings. The third-order valence-electron chi connectivity index (χ3n) is 4.44. The third-order valence-corrected chi connectivity index (χ3v) is 4.44. The molecule has 5 nitrogen and oxygen atoms in total. The molecule has 4 rings (SSSR count). The minimum absolute atomic E-state index is 0.0715. The number of halogens is 1. The lowest BCUT2D eigenvalue weighted by Gasteiger charge is -2.22. The van der Waals surface area contributed by atoms with Crippen molar-refractivity contribution in [3.63, 3.8) is 0 Å².